The van der Waals surface area contributed by atoms with E-state index in [1.165, 1.54) is 25.9 Å². The van der Waals surface area contributed by atoms with Crippen LogP contribution in [-0.2, 0) is 6.42 Å². The molecule has 0 spiro atoms. The van der Waals surface area contributed by atoms with Gasteiger partial charge in [-0.1, -0.05) is 0 Å². The van der Waals surface area contributed by atoms with Crippen LogP contribution in [0.25, 0.3) is 11.4 Å². The zero-order valence-electron chi connectivity index (χ0n) is 13.7. The summed E-state index contributed by atoms with van der Waals surface area (Å²) < 4.78 is 0. The maximum absolute atomic E-state index is 4.58. The van der Waals surface area contributed by atoms with E-state index in [-0.39, 0.29) is 0 Å². The number of piperidine rings is 1. The fourth-order valence-corrected chi connectivity index (χ4v) is 3.11. The standard InChI is InChI=1S/C17H25N5/c1-12(2)22-6-4-14(5-7-22)9-15-10-19-17(11-18-15)16-8-13(3)20-21-16/h8,10-12,14H,4-7,9H2,1-3H3,(H,20,21). The van der Waals surface area contributed by atoms with Crippen molar-refractivity contribution in [3.05, 3.63) is 29.8 Å². The number of aromatic amines is 1. The third-order valence-corrected chi connectivity index (χ3v) is 4.55. The van der Waals surface area contributed by atoms with E-state index in [4.69, 9.17) is 0 Å². The van der Waals surface area contributed by atoms with Gasteiger partial charge in [0.25, 0.3) is 0 Å². The number of hydrogen-bond acceptors (Lipinski definition) is 4. The average molecular weight is 299 g/mol. The van der Waals surface area contributed by atoms with Crippen molar-refractivity contribution in [2.75, 3.05) is 13.1 Å². The van der Waals surface area contributed by atoms with E-state index >= 15 is 0 Å². The van der Waals surface area contributed by atoms with Crippen LogP contribution in [0.15, 0.2) is 18.5 Å². The van der Waals surface area contributed by atoms with Gasteiger partial charge >= 0.3 is 0 Å². The summed E-state index contributed by atoms with van der Waals surface area (Å²) in [5.41, 5.74) is 3.83. The van der Waals surface area contributed by atoms with Gasteiger partial charge in [0, 0.05) is 17.9 Å². The quantitative estimate of drug-likeness (QED) is 0.943. The predicted molar refractivity (Wildman–Crippen MR) is 87.5 cm³/mol. The number of aryl methyl sites for hydroxylation is 1. The van der Waals surface area contributed by atoms with Crippen LogP contribution in [-0.4, -0.2) is 44.2 Å². The highest BCUT2D eigenvalue weighted by Crippen LogP contribution is 2.22. The number of aromatic nitrogens is 4. The molecular weight excluding hydrogens is 274 g/mol. The summed E-state index contributed by atoms with van der Waals surface area (Å²) in [5, 5.41) is 7.16. The average Bonchev–Trinajstić information content (AvgIpc) is 2.95. The SMILES string of the molecule is Cc1cc(-c2cnc(CC3CCN(C(C)C)CC3)cn2)n[nH]1. The maximum Gasteiger partial charge on any atom is 0.112 e. The molecule has 0 saturated carbocycles. The molecule has 3 heterocycles. The number of H-pyrrole nitrogens is 1. The van der Waals surface area contributed by atoms with Gasteiger partial charge in [-0.25, -0.2) is 0 Å². The Morgan fingerprint density at radius 2 is 1.95 bits per heavy atom. The van der Waals surface area contributed by atoms with Gasteiger partial charge in [-0.2, -0.15) is 5.10 Å². The molecule has 0 radical (unpaired) electrons. The molecule has 0 unspecified atom stereocenters. The highest BCUT2D eigenvalue weighted by Gasteiger charge is 2.21. The lowest BCUT2D eigenvalue weighted by Gasteiger charge is -2.34. The van der Waals surface area contributed by atoms with Gasteiger partial charge in [0.1, 0.15) is 11.4 Å². The first-order valence-corrected chi connectivity index (χ1v) is 8.19. The third kappa shape index (κ3) is 3.53. The monoisotopic (exact) mass is 299 g/mol. The number of hydrogen-bond donors (Lipinski definition) is 1. The van der Waals surface area contributed by atoms with E-state index in [0.717, 1.165) is 35.1 Å². The molecular formula is C17H25N5. The molecule has 0 aliphatic carbocycles. The summed E-state index contributed by atoms with van der Waals surface area (Å²) in [6.07, 6.45) is 7.32. The van der Waals surface area contributed by atoms with Crippen molar-refractivity contribution in [2.45, 2.75) is 46.1 Å². The summed E-state index contributed by atoms with van der Waals surface area (Å²) in [6.45, 7) is 8.96. The molecule has 0 amide bonds. The minimum absolute atomic E-state index is 0.664. The molecule has 0 atom stereocenters. The van der Waals surface area contributed by atoms with Gasteiger partial charge in [-0.3, -0.25) is 15.1 Å². The molecule has 2 aromatic heterocycles. The summed E-state index contributed by atoms with van der Waals surface area (Å²) in [7, 11) is 0. The lowest BCUT2D eigenvalue weighted by atomic mass is 9.92. The van der Waals surface area contributed by atoms with Gasteiger partial charge in [0.15, 0.2) is 0 Å². The Morgan fingerprint density at radius 1 is 1.18 bits per heavy atom. The van der Waals surface area contributed by atoms with Gasteiger partial charge in [-0.15, -0.1) is 0 Å². The summed E-state index contributed by atoms with van der Waals surface area (Å²) >= 11 is 0. The van der Waals surface area contributed by atoms with E-state index in [0.29, 0.717) is 6.04 Å². The predicted octanol–water partition coefficient (Wildman–Crippen LogP) is 2.84. The van der Waals surface area contributed by atoms with Crippen LogP contribution in [0.2, 0.25) is 0 Å². The van der Waals surface area contributed by atoms with Crippen molar-refractivity contribution in [1.29, 1.82) is 0 Å². The Balaban J connectivity index is 1.58. The highest BCUT2D eigenvalue weighted by molar-refractivity contribution is 5.52. The first-order valence-electron chi connectivity index (χ1n) is 8.19. The second-order valence-electron chi connectivity index (χ2n) is 6.61. The number of nitrogens with one attached hydrogen (secondary N) is 1. The minimum Gasteiger partial charge on any atom is -0.301 e. The fourth-order valence-electron chi connectivity index (χ4n) is 3.11. The van der Waals surface area contributed by atoms with Crippen LogP contribution in [0.5, 0.6) is 0 Å². The molecule has 5 heteroatoms. The molecule has 1 N–H and O–H groups in total. The summed E-state index contributed by atoms with van der Waals surface area (Å²) in [6, 6.07) is 2.66. The molecule has 1 fully saturated rings. The lowest BCUT2D eigenvalue weighted by molar-refractivity contribution is 0.149. The van der Waals surface area contributed by atoms with E-state index in [1.807, 2.05) is 25.4 Å². The number of likely N-dealkylation sites (tertiary alicyclic amines) is 1. The zero-order chi connectivity index (χ0) is 15.5. The van der Waals surface area contributed by atoms with Crippen molar-refractivity contribution in [1.82, 2.24) is 25.1 Å². The van der Waals surface area contributed by atoms with E-state index in [1.54, 1.807) is 0 Å². The Hall–Kier alpha value is -1.75. The first kappa shape index (κ1) is 15.2. The molecule has 5 nitrogen and oxygen atoms in total. The Kier molecular flexibility index (Phi) is 4.52. The van der Waals surface area contributed by atoms with Crippen molar-refractivity contribution in [3.63, 3.8) is 0 Å². The normalized spacial score (nSPS) is 17.3. The van der Waals surface area contributed by atoms with Gasteiger partial charge in [0.05, 0.1) is 11.9 Å². The largest absolute Gasteiger partial charge is 0.301 e. The van der Waals surface area contributed by atoms with Gasteiger partial charge in [-0.05, 0) is 65.1 Å². The minimum atomic E-state index is 0.664. The smallest absolute Gasteiger partial charge is 0.112 e. The molecule has 22 heavy (non-hydrogen) atoms. The molecule has 2 aromatic rings. The molecule has 0 aromatic carbocycles. The maximum atomic E-state index is 4.58. The van der Waals surface area contributed by atoms with E-state index < -0.39 is 0 Å². The van der Waals surface area contributed by atoms with Crippen molar-refractivity contribution >= 4 is 0 Å². The first-order chi connectivity index (χ1) is 10.6. The second kappa shape index (κ2) is 6.57. The van der Waals surface area contributed by atoms with E-state index in [2.05, 4.69) is 38.9 Å². The van der Waals surface area contributed by atoms with Crippen molar-refractivity contribution in [3.8, 4) is 11.4 Å². The molecule has 1 aliphatic heterocycles. The Labute approximate surface area is 132 Å². The van der Waals surface area contributed by atoms with Crippen LogP contribution in [0.3, 0.4) is 0 Å². The van der Waals surface area contributed by atoms with Crippen molar-refractivity contribution < 1.29 is 0 Å². The second-order valence-corrected chi connectivity index (χ2v) is 6.61. The molecule has 0 bridgehead atoms. The van der Waals surface area contributed by atoms with Gasteiger partial charge < -0.3 is 4.90 Å². The van der Waals surface area contributed by atoms with Crippen LogP contribution < -0.4 is 0 Å². The topological polar surface area (TPSA) is 57.7 Å². The third-order valence-electron chi connectivity index (χ3n) is 4.55. The molecule has 1 saturated heterocycles. The van der Waals surface area contributed by atoms with Crippen LogP contribution in [0.4, 0.5) is 0 Å². The Bertz CT molecular complexity index is 594. The van der Waals surface area contributed by atoms with Crippen LogP contribution in [0.1, 0.15) is 38.1 Å². The van der Waals surface area contributed by atoms with Crippen LogP contribution in [0, 0.1) is 12.8 Å². The lowest BCUT2D eigenvalue weighted by Crippen LogP contribution is -2.38. The highest BCUT2D eigenvalue weighted by atomic mass is 15.1. The van der Waals surface area contributed by atoms with Gasteiger partial charge in [0.2, 0.25) is 0 Å². The van der Waals surface area contributed by atoms with Crippen LogP contribution >= 0.6 is 0 Å². The van der Waals surface area contributed by atoms with Crippen molar-refractivity contribution in [2.24, 2.45) is 5.92 Å². The van der Waals surface area contributed by atoms with E-state index in [9.17, 15) is 0 Å². The summed E-state index contributed by atoms with van der Waals surface area (Å²) in [5.74, 6) is 0.739. The number of rotatable bonds is 4. The number of nitrogens with zero attached hydrogens (tertiary/aromatic N) is 4. The zero-order valence-corrected chi connectivity index (χ0v) is 13.7. The molecule has 1 aliphatic rings. The summed E-state index contributed by atoms with van der Waals surface area (Å²) in [4.78, 5) is 11.7. The Morgan fingerprint density at radius 3 is 2.50 bits per heavy atom. The molecule has 3 rings (SSSR count). The molecule has 118 valence electrons. The fraction of sp³-hybridized carbons (Fsp3) is 0.588.